The van der Waals surface area contributed by atoms with Crippen molar-refractivity contribution >= 4 is 23.7 Å². The molecule has 0 aromatic heterocycles. The van der Waals surface area contributed by atoms with E-state index >= 15 is 0 Å². The topological polar surface area (TPSA) is 92.8 Å². The first-order valence-electron chi connectivity index (χ1n) is 8.22. The number of amides is 3. The van der Waals surface area contributed by atoms with Gasteiger partial charge in [-0.05, 0) is 24.3 Å². The highest BCUT2D eigenvalue weighted by Crippen LogP contribution is 2.22. The van der Waals surface area contributed by atoms with Crippen LogP contribution in [0, 0.1) is 11.6 Å². The van der Waals surface area contributed by atoms with Gasteiger partial charge in [-0.2, -0.15) is 0 Å². The lowest BCUT2D eigenvalue weighted by Gasteiger charge is -2.14. The first-order chi connectivity index (χ1) is 13.4. The number of esters is 1. The third kappa shape index (κ3) is 3.88. The van der Waals surface area contributed by atoms with Crippen molar-refractivity contribution in [2.45, 2.75) is 6.42 Å². The van der Waals surface area contributed by atoms with Crippen molar-refractivity contribution in [3.63, 3.8) is 0 Å². The molecule has 1 N–H and O–H groups in total. The fourth-order valence-corrected chi connectivity index (χ4v) is 2.61. The maximum absolute atomic E-state index is 13.5. The lowest BCUT2D eigenvalue weighted by atomic mass is 10.1. The van der Waals surface area contributed by atoms with E-state index in [1.165, 1.54) is 12.1 Å². The van der Waals surface area contributed by atoms with Gasteiger partial charge in [0.1, 0.15) is 11.6 Å². The van der Waals surface area contributed by atoms with Crippen LogP contribution >= 0.6 is 0 Å². The van der Waals surface area contributed by atoms with Gasteiger partial charge in [0.25, 0.3) is 17.7 Å². The number of hydrogen-bond donors (Lipinski definition) is 1. The fraction of sp³-hybridized carbons (Fsp3) is 0.158. The van der Waals surface area contributed by atoms with Crippen LogP contribution in [0.2, 0.25) is 0 Å². The number of fused-ring (bicyclic) bond motifs is 1. The Balaban J connectivity index is 1.46. The summed E-state index contributed by atoms with van der Waals surface area (Å²) in [6, 6.07) is 8.74. The number of rotatable bonds is 6. The molecule has 1 heterocycles. The second-order valence-corrected chi connectivity index (χ2v) is 5.86. The summed E-state index contributed by atoms with van der Waals surface area (Å²) in [6.07, 6.45) is -0.266. The summed E-state index contributed by atoms with van der Waals surface area (Å²) in [7, 11) is 0. The molecular weight excluding hydrogens is 374 g/mol. The highest BCUT2D eigenvalue weighted by Gasteiger charge is 2.35. The number of carbonyl (C=O) groups excluding carboxylic acids is 4. The summed E-state index contributed by atoms with van der Waals surface area (Å²) in [5.41, 5.74) is 0.107. The molecule has 0 atom stereocenters. The Morgan fingerprint density at radius 3 is 2.25 bits per heavy atom. The Labute approximate surface area is 157 Å². The Morgan fingerprint density at radius 2 is 1.64 bits per heavy atom. The molecule has 3 amide bonds. The number of nitrogens with zero attached hydrogens (tertiary/aromatic N) is 1. The molecule has 0 unspecified atom stereocenters. The third-order valence-electron chi connectivity index (χ3n) is 4.02. The molecule has 2 aromatic rings. The number of benzene rings is 2. The zero-order valence-electron chi connectivity index (χ0n) is 14.4. The van der Waals surface area contributed by atoms with E-state index in [4.69, 9.17) is 4.74 Å². The van der Waals surface area contributed by atoms with Crippen molar-refractivity contribution in [3.8, 4) is 0 Å². The van der Waals surface area contributed by atoms with E-state index in [1.54, 1.807) is 12.1 Å². The summed E-state index contributed by atoms with van der Waals surface area (Å²) >= 11 is 0. The molecule has 0 radical (unpaired) electrons. The number of hydrogen-bond acceptors (Lipinski definition) is 5. The molecular formula is C19H14F2N2O5. The van der Waals surface area contributed by atoms with Crippen molar-refractivity contribution < 1.29 is 32.7 Å². The molecule has 0 saturated carbocycles. The monoisotopic (exact) mass is 388 g/mol. The maximum Gasteiger partial charge on any atom is 0.309 e. The van der Waals surface area contributed by atoms with E-state index < -0.39 is 42.1 Å². The Hall–Kier alpha value is -3.62. The molecule has 0 fully saturated rings. The first-order valence-corrected chi connectivity index (χ1v) is 8.22. The number of ether oxygens (including phenoxy) is 1. The summed E-state index contributed by atoms with van der Waals surface area (Å²) in [5.74, 6) is -4.54. The van der Waals surface area contributed by atoms with E-state index in [1.807, 2.05) is 0 Å². The first kappa shape index (κ1) is 19.2. The number of halogens is 2. The minimum Gasteiger partial charge on any atom is -0.444 e. The van der Waals surface area contributed by atoms with Crippen LogP contribution in [0.4, 0.5) is 8.78 Å². The van der Waals surface area contributed by atoms with Crippen molar-refractivity contribution in [2.24, 2.45) is 0 Å². The van der Waals surface area contributed by atoms with Gasteiger partial charge in [0.15, 0.2) is 6.73 Å². The van der Waals surface area contributed by atoms with Gasteiger partial charge in [0.05, 0.1) is 23.1 Å². The van der Waals surface area contributed by atoms with E-state index in [9.17, 15) is 28.0 Å². The predicted molar refractivity (Wildman–Crippen MR) is 91.2 cm³/mol. The molecule has 7 nitrogen and oxygen atoms in total. The van der Waals surface area contributed by atoms with Gasteiger partial charge in [-0.15, -0.1) is 0 Å². The molecule has 1 aliphatic heterocycles. The van der Waals surface area contributed by atoms with Crippen LogP contribution in [0.3, 0.4) is 0 Å². The largest absolute Gasteiger partial charge is 0.444 e. The average molecular weight is 388 g/mol. The van der Waals surface area contributed by atoms with Crippen molar-refractivity contribution in [2.75, 3.05) is 13.3 Å². The van der Waals surface area contributed by atoms with Gasteiger partial charge in [-0.1, -0.05) is 12.1 Å². The lowest BCUT2D eigenvalue weighted by molar-refractivity contribution is -0.146. The number of imide groups is 1. The molecule has 144 valence electrons. The SMILES string of the molecule is O=C(CCNC(=O)c1ccc(F)cc1F)OCN1C(=O)c2ccccc2C1=O. The third-order valence-corrected chi connectivity index (χ3v) is 4.02. The Kier molecular flexibility index (Phi) is 5.44. The second kappa shape index (κ2) is 7.95. The van der Waals surface area contributed by atoms with Gasteiger partial charge < -0.3 is 10.1 Å². The predicted octanol–water partition coefficient (Wildman–Crippen LogP) is 1.88. The fourth-order valence-electron chi connectivity index (χ4n) is 2.61. The average Bonchev–Trinajstić information content (AvgIpc) is 2.91. The highest BCUT2D eigenvalue weighted by atomic mass is 19.1. The lowest BCUT2D eigenvalue weighted by Crippen LogP contribution is -2.34. The Bertz CT molecular complexity index is 942. The number of nitrogens with one attached hydrogen (secondary N) is 1. The van der Waals surface area contributed by atoms with Crippen LogP contribution in [-0.4, -0.2) is 41.9 Å². The molecule has 2 aromatic carbocycles. The van der Waals surface area contributed by atoms with Crippen LogP contribution < -0.4 is 5.32 Å². The highest BCUT2D eigenvalue weighted by molar-refractivity contribution is 6.21. The number of carbonyl (C=O) groups is 4. The van der Waals surface area contributed by atoms with Crippen molar-refractivity contribution in [1.82, 2.24) is 10.2 Å². The minimum atomic E-state index is -1.02. The summed E-state index contributed by atoms with van der Waals surface area (Å²) in [6.45, 7) is -0.720. The molecule has 0 aliphatic carbocycles. The van der Waals surface area contributed by atoms with Gasteiger partial charge in [0, 0.05) is 12.6 Å². The zero-order chi connectivity index (χ0) is 20.3. The smallest absolute Gasteiger partial charge is 0.309 e. The van der Waals surface area contributed by atoms with E-state index in [-0.39, 0.29) is 29.7 Å². The van der Waals surface area contributed by atoms with Crippen LogP contribution in [0.1, 0.15) is 37.5 Å². The van der Waals surface area contributed by atoms with Gasteiger partial charge in [0.2, 0.25) is 0 Å². The Morgan fingerprint density at radius 1 is 1.00 bits per heavy atom. The molecule has 3 rings (SSSR count). The zero-order valence-corrected chi connectivity index (χ0v) is 14.4. The molecule has 0 bridgehead atoms. The summed E-state index contributed by atoms with van der Waals surface area (Å²) in [4.78, 5) is 48.6. The van der Waals surface area contributed by atoms with Gasteiger partial charge >= 0.3 is 5.97 Å². The van der Waals surface area contributed by atoms with Gasteiger partial charge in [-0.3, -0.25) is 19.2 Å². The maximum atomic E-state index is 13.5. The molecule has 1 aliphatic rings. The van der Waals surface area contributed by atoms with Crippen LogP contribution in [-0.2, 0) is 9.53 Å². The second-order valence-electron chi connectivity index (χ2n) is 5.86. The van der Waals surface area contributed by atoms with Gasteiger partial charge in [-0.25, -0.2) is 13.7 Å². The van der Waals surface area contributed by atoms with Crippen LogP contribution in [0.15, 0.2) is 42.5 Å². The normalized spacial score (nSPS) is 12.7. The van der Waals surface area contributed by atoms with Crippen LogP contribution in [0.5, 0.6) is 0 Å². The van der Waals surface area contributed by atoms with E-state index in [2.05, 4.69) is 5.32 Å². The van der Waals surface area contributed by atoms with Crippen LogP contribution in [0.25, 0.3) is 0 Å². The summed E-state index contributed by atoms with van der Waals surface area (Å²) in [5, 5.41) is 2.30. The van der Waals surface area contributed by atoms with Crippen molar-refractivity contribution in [3.05, 3.63) is 70.8 Å². The standard InChI is InChI=1S/C19H14F2N2O5/c20-11-5-6-14(15(21)9-11)17(25)22-8-7-16(24)28-10-23-18(26)12-3-1-2-4-13(12)19(23)27/h1-6,9H,7-8,10H2,(H,22,25). The molecule has 0 saturated heterocycles. The molecule has 0 spiro atoms. The molecule has 9 heteroatoms. The van der Waals surface area contributed by atoms with Crippen molar-refractivity contribution in [1.29, 1.82) is 0 Å². The summed E-state index contributed by atoms with van der Waals surface area (Å²) < 4.78 is 31.2. The van der Waals surface area contributed by atoms with E-state index in [0.717, 1.165) is 17.0 Å². The molecule has 28 heavy (non-hydrogen) atoms. The van der Waals surface area contributed by atoms with E-state index in [0.29, 0.717) is 6.07 Å². The minimum absolute atomic E-state index is 0.170. The quantitative estimate of drug-likeness (QED) is 0.603.